The molecule has 4 nitrogen and oxygen atoms in total. The molecule has 0 aliphatic heterocycles. The predicted molar refractivity (Wildman–Crippen MR) is 60.8 cm³/mol. The van der Waals surface area contributed by atoms with E-state index in [1.165, 1.54) is 0 Å². The Morgan fingerprint density at radius 2 is 2.47 bits per heavy atom. The number of hydrogen-bond acceptors (Lipinski definition) is 4. The van der Waals surface area contributed by atoms with Gasteiger partial charge in [0.05, 0.1) is 0 Å². The standard InChI is InChI=1S/C10H14N4S/c1-8-7-15-10(14-8)6-11-3-2-9-12-4-5-13-9/h4-5,7,11H,2-3,6H2,1H3,(H,12,13). The van der Waals surface area contributed by atoms with Crippen molar-refractivity contribution >= 4 is 11.3 Å². The van der Waals surface area contributed by atoms with Gasteiger partial charge in [-0.2, -0.15) is 0 Å². The molecule has 80 valence electrons. The molecule has 2 rings (SSSR count). The van der Waals surface area contributed by atoms with Crippen LogP contribution < -0.4 is 5.32 Å². The van der Waals surface area contributed by atoms with Crippen molar-refractivity contribution in [2.45, 2.75) is 19.9 Å². The number of hydrogen-bond donors (Lipinski definition) is 2. The van der Waals surface area contributed by atoms with E-state index in [9.17, 15) is 0 Å². The first-order valence-electron chi connectivity index (χ1n) is 4.94. The van der Waals surface area contributed by atoms with Gasteiger partial charge >= 0.3 is 0 Å². The molecule has 0 radical (unpaired) electrons. The van der Waals surface area contributed by atoms with Crippen LogP contribution in [-0.4, -0.2) is 21.5 Å². The topological polar surface area (TPSA) is 53.6 Å². The molecule has 0 aliphatic rings. The van der Waals surface area contributed by atoms with E-state index in [0.717, 1.165) is 36.0 Å². The zero-order valence-corrected chi connectivity index (χ0v) is 9.47. The molecule has 2 aromatic heterocycles. The van der Waals surface area contributed by atoms with Gasteiger partial charge < -0.3 is 10.3 Å². The SMILES string of the molecule is Cc1csc(CNCCc2ncc[nH]2)n1. The molecule has 0 amide bonds. The van der Waals surface area contributed by atoms with Crippen LogP contribution in [0.2, 0.25) is 0 Å². The molecule has 5 heteroatoms. The van der Waals surface area contributed by atoms with Crippen LogP contribution in [0, 0.1) is 6.92 Å². The summed E-state index contributed by atoms with van der Waals surface area (Å²) in [4.78, 5) is 11.6. The Bertz CT molecular complexity index is 393. The first-order valence-corrected chi connectivity index (χ1v) is 5.82. The number of aryl methyl sites for hydroxylation is 1. The van der Waals surface area contributed by atoms with E-state index in [1.807, 2.05) is 13.1 Å². The van der Waals surface area contributed by atoms with E-state index < -0.39 is 0 Å². The second-order valence-electron chi connectivity index (χ2n) is 3.35. The van der Waals surface area contributed by atoms with Crippen molar-refractivity contribution < 1.29 is 0 Å². The maximum atomic E-state index is 4.38. The lowest BCUT2D eigenvalue weighted by Crippen LogP contribution is -2.17. The number of nitrogens with zero attached hydrogens (tertiary/aromatic N) is 2. The monoisotopic (exact) mass is 222 g/mol. The minimum atomic E-state index is 0.846. The van der Waals surface area contributed by atoms with Crippen molar-refractivity contribution in [3.8, 4) is 0 Å². The fourth-order valence-corrected chi connectivity index (χ4v) is 2.06. The van der Waals surface area contributed by atoms with Crippen molar-refractivity contribution in [2.75, 3.05) is 6.54 Å². The third-order valence-electron chi connectivity index (χ3n) is 2.04. The molecule has 2 aromatic rings. The van der Waals surface area contributed by atoms with Crippen molar-refractivity contribution in [1.82, 2.24) is 20.3 Å². The number of rotatable bonds is 5. The predicted octanol–water partition coefficient (Wildman–Crippen LogP) is 1.51. The number of imidazole rings is 1. The molecule has 0 fully saturated rings. The highest BCUT2D eigenvalue weighted by atomic mass is 32.1. The van der Waals surface area contributed by atoms with Gasteiger partial charge in [0.2, 0.25) is 0 Å². The fourth-order valence-electron chi connectivity index (χ4n) is 1.32. The van der Waals surface area contributed by atoms with Crippen molar-refractivity contribution in [2.24, 2.45) is 0 Å². The lowest BCUT2D eigenvalue weighted by atomic mass is 10.4. The molecule has 0 spiro atoms. The summed E-state index contributed by atoms with van der Waals surface area (Å²) >= 11 is 1.70. The Hall–Kier alpha value is -1.20. The summed E-state index contributed by atoms with van der Waals surface area (Å²) in [5.74, 6) is 1.03. The van der Waals surface area contributed by atoms with Crippen LogP contribution in [0.3, 0.4) is 0 Å². The highest BCUT2D eigenvalue weighted by molar-refractivity contribution is 7.09. The molecule has 0 unspecified atom stereocenters. The Balaban J connectivity index is 1.67. The van der Waals surface area contributed by atoms with Gasteiger partial charge in [-0.05, 0) is 6.92 Å². The Kier molecular flexibility index (Phi) is 3.47. The normalized spacial score (nSPS) is 10.7. The quantitative estimate of drug-likeness (QED) is 0.754. The Labute approximate surface area is 92.8 Å². The summed E-state index contributed by atoms with van der Waals surface area (Å²) in [6, 6.07) is 0. The molecular weight excluding hydrogens is 208 g/mol. The molecule has 2 heterocycles. The number of nitrogens with one attached hydrogen (secondary N) is 2. The van der Waals surface area contributed by atoms with E-state index in [1.54, 1.807) is 17.5 Å². The average molecular weight is 222 g/mol. The zero-order valence-electron chi connectivity index (χ0n) is 8.66. The minimum absolute atomic E-state index is 0.846. The third kappa shape index (κ3) is 3.14. The number of aromatic amines is 1. The number of thiazole rings is 1. The summed E-state index contributed by atoms with van der Waals surface area (Å²) in [5.41, 5.74) is 1.10. The first kappa shape index (κ1) is 10.3. The Morgan fingerprint density at radius 1 is 1.53 bits per heavy atom. The van der Waals surface area contributed by atoms with Crippen LogP contribution in [0.1, 0.15) is 16.5 Å². The molecule has 0 saturated heterocycles. The van der Waals surface area contributed by atoms with E-state index >= 15 is 0 Å². The second-order valence-corrected chi connectivity index (χ2v) is 4.29. The van der Waals surface area contributed by atoms with E-state index in [4.69, 9.17) is 0 Å². The summed E-state index contributed by atoms with van der Waals surface area (Å²) < 4.78 is 0. The maximum Gasteiger partial charge on any atom is 0.107 e. The number of aromatic nitrogens is 3. The summed E-state index contributed by atoms with van der Waals surface area (Å²) in [5, 5.41) is 6.56. The van der Waals surface area contributed by atoms with Gasteiger partial charge in [-0.1, -0.05) is 0 Å². The van der Waals surface area contributed by atoms with Crippen molar-refractivity contribution in [1.29, 1.82) is 0 Å². The molecule has 0 aliphatic carbocycles. The largest absolute Gasteiger partial charge is 0.349 e. The molecule has 0 bridgehead atoms. The second kappa shape index (κ2) is 5.04. The number of H-pyrrole nitrogens is 1. The van der Waals surface area contributed by atoms with Crippen molar-refractivity contribution in [3.63, 3.8) is 0 Å². The van der Waals surface area contributed by atoms with E-state index in [0.29, 0.717) is 0 Å². The van der Waals surface area contributed by atoms with Crippen LogP contribution in [-0.2, 0) is 13.0 Å². The van der Waals surface area contributed by atoms with Crippen LogP contribution in [0.15, 0.2) is 17.8 Å². The first-order chi connectivity index (χ1) is 7.34. The summed E-state index contributed by atoms with van der Waals surface area (Å²) in [6.45, 7) is 3.79. The highest BCUT2D eigenvalue weighted by Crippen LogP contribution is 2.07. The fraction of sp³-hybridized carbons (Fsp3) is 0.400. The molecule has 0 atom stereocenters. The summed E-state index contributed by atoms with van der Waals surface area (Å²) in [7, 11) is 0. The molecule has 2 N–H and O–H groups in total. The summed E-state index contributed by atoms with van der Waals surface area (Å²) in [6.07, 6.45) is 4.55. The van der Waals surface area contributed by atoms with Crippen LogP contribution >= 0.6 is 11.3 Å². The maximum absolute atomic E-state index is 4.38. The smallest absolute Gasteiger partial charge is 0.107 e. The van der Waals surface area contributed by atoms with Crippen LogP contribution in [0.25, 0.3) is 0 Å². The van der Waals surface area contributed by atoms with Gasteiger partial charge in [0.15, 0.2) is 0 Å². The molecule has 0 saturated carbocycles. The van der Waals surface area contributed by atoms with E-state index in [-0.39, 0.29) is 0 Å². The van der Waals surface area contributed by atoms with Gasteiger partial charge in [-0.3, -0.25) is 0 Å². The third-order valence-corrected chi connectivity index (χ3v) is 3.00. The van der Waals surface area contributed by atoms with Gasteiger partial charge in [0.1, 0.15) is 10.8 Å². The van der Waals surface area contributed by atoms with Crippen LogP contribution in [0.4, 0.5) is 0 Å². The minimum Gasteiger partial charge on any atom is -0.349 e. The lowest BCUT2D eigenvalue weighted by Gasteiger charge is -1.99. The van der Waals surface area contributed by atoms with Crippen LogP contribution in [0.5, 0.6) is 0 Å². The highest BCUT2D eigenvalue weighted by Gasteiger charge is 1.98. The van der Waals surface area contributed by atoms with Gasteiger partial charge in [0, 0.05) is 43.0 Å². The Morgan fingerprint density at radius 3 is 3.13 bits per heavy atom. The van der Waals surface area contributed by atoms with Crippen molar-refractivity contribution in [3.05, 3.63) is 34.3 Å². The molecular formula is C10H14N4S. The molecule has 15 heavy (non-hydrogen) atoms. The van der Waals surface area contributed by atoms with Gasteiger partial charge in [-0.15, -0.1) is 11.3 Å². The van der Waals surface area contributed by atoms with Gasteiger partial charge in [0.25, 0.3) is 0 Å². The average Bonchev–Trinajstić information content (AvgIpc) is 2.84. The van der Waals surface area contributed by atoms with Gasteiger partial charge in [-0.25, -0.2) is 9.97 Å². The lowest BCUT2D eigenvalue weighted by molar-refractivity contribution is 0.670. The zero-order chi connectivity index (χ0) is 10.5. The van der Waals surface area contributed by atoms with E-state index in [2.05, 4.69) is 25.6 Å². The molecule has 0 aromatic carbocycles.